The molecule has 1 aromatic carbocycles. The minimum Gasteiger partial charge on any atom is -0.491 e. The topological polar surface area (TPSA) is 46.5 Å². The van der Waals surface area contributed by atoms with Gasteiger partial charge in [-0.2, -0.15) is 5.10 Å². The van der Waals surface area contributed by atoms with Gasteiger partial charge in [0, 0.05) is 11.6 Å². The average Bonchev–Trinajstić information content (AvgIpc) is 2.82. The molecule has 94 valence electrons. The van der Waals surface area contributed by atoms with Crippen molar-refractivity contribution in [2.45, 2.75) is 20.0 Å². The number of ether oxygens (including phenoxy) is 1. The van der Waals surface area contributed by atoms with Gasteiger partial charge in [-0.1, -0.05) is 12.1 Å². The van der Waals surface area contributed by atoms with Gasteiger partial charge in [-0.05, 0) is 31.5 Å². The first-order valence-electron chi connectivity index (χ1n) is 5.69. The van der Waals surface area contributed by atoms with Gasteiger partial charge in [0.15, 0.2) is 0 Å². The molecule has 0 unspecified atom stereocenters. The number of hydrazone groups is 1. The molecule has 0 fully saturated rings. The van der Waals surface area contributed by atoms with E-state index in [4.69, 9.17) is 4.74 Å². The molecule has 0 spiro atoms. The number of nitrogens with one attached hydrogen (secondary N) is 1. The highest BCUT2D eigenvalue weighted by atomic mass is 32.1. The van der Waals surface area contributed by atoms with Crippen molar-refractivity contribution in [1.82, 2.24) is 4.98 Å². The molecular weight excluding hydrogens is 246 g/mol. The van der Waals surface area contributed by atoms with Crippen molar-refractivity contribution in [3.05, 3.63) is 41.4 Å². The molecule has 2 rings (SSSR count). The molecule has 0 saturated heterocycles. The smallest absolute Gasteiger partial charge is 0.203 e. The quantitative estimate of drug-likeness (QED) is 0.663. The van der Waals surface area contributed by atoms with Crippen molar-refractivity contribution in [3.8, 4) is 5.75 Å². The molecule has 1 heterocycles. The number of hydrogen-bond acceptors (Lipinski definition) is 5. The molecule has 5 heteroatoms. The Morgan fingerprint density at radius 1 is 1.44 bits per heavy atom. The fraction of sp³-hybridized carbons (Fsp3) is 0.231. The zero-order chi connectivity index (χ0) is 12.8. The molecule has 0 radical (unpaired) electrons. The summed E-state index contributed by atoms with van der Waals surface area (Å²) in [5, 5.41) is 6.80. The molecule has 0 aliphatic heterocycles. The van der Waals surface area contributed by atoms with Crippen LogP contribution in [0.2, 0.25) is 0 Å². The third kappa shape index (κ3) is 3.85. The van der Waals surface area contributed by atoms with Gasteiger partial charge in [-0.3, -0.25) is 5.43 Å². The minimum atomic E-state index is 0.172. The molecule has 4 nitrogen and oxygen atoms in total. The largest absolute Gasteiger partial charge is 0.491 e. The van der Waals surface area contributed by atoms with E-state index < -0.39 is 0 Å². The van der Waals surface area contributed by atoms with Gasteiger partial charge in [-0.25, -0.2) is 4.98 Å². The summed E-state index contributed by atoms with van der Waals surface area (Å²) < 4.78 is 5.61. The van der Waals surface area contributed by atoms with E-state index in [0.29, 0.717) is 0 Å². The third-order valence-electron chi connectivity index (χ3n) is 2.04. The van der Waals surface area contributed by atoms with Crippen molar-refractivity contribution in [3.63, 3.8) is 0 Å². The van der Waals surface area contributed by atoms with Gasteiger partial charge < -0.3 is 4.74 Å². The first-order valence-corrected chi connectivity index (χ1v) is 6.57. The first kappa shape index (κ1) is 12.6. The highest BCUT2D eigenvalue weighted by Crippen LogP contribution is 2.14. The lowest BCUT2D eigenvalue weighted by molar-refractivity contribution is 0.242. The van der Waals surface area contributed by atoms with E-state index in [1.165, 1.54) is 11.3 Å². The number of aromatic nitrogens is 1. The molecule has 18 heavy (non-hydrogen) atoms. The molecule has 0 saturated carbocycles. The Bertz CT molecular complexity index is 509. The van der Waals surface area contributed by atoms with Gasteiger partial charge >= 0.3 is 0 Å². The van der Waals surface area contributed by atoms with Crippen molar-refractivity contribution in [2.75, 3.05) is 5.43 Å². The van der Waals surface area contributed by atoms with Crippen molar-refractivity contribution < 1.29 is 4.74 Å². The van der Waals surface area contributed by atoms with Crippen molar-refractivity contribution in [2.24, 2.45) is 5.10 Å². The summed E-state index contributed by atoms with van der Waals surface area (Å²) in [5.41, 5.74) is 3.85. The van der Waals surface area contributed by atoms with Gasteiger partial charge in [0.1, 0.15) is 5.75 Å². The van der Waals surface area contributed by atoms with Gasteiger partial charge in [-0.15, -0.1) is 11.3 Å². The molecule has 1 N–H and O–H groups in total. The highest BCUT2D eigenvalue weighted by Gasteiger charge is 1.97. The average molecular weight is 261 g/mol. The third-order valence-corrected chi connectivity index (χ3v) is 2.71. The fourth-order valence-corrected chi connectivity index (χ4v) is 1.86. The molecule has 0 aliphatic rings. The maximum atomic E-state index is 5.61. The van der Waals surface area contributed by atoms with Crippen LogP contribution in [-0.4, -0.2) is 17.3 Å². The van der Waals surface area contributed by atoms with E-state index in [0.717, 1.165) is 16.4 Å². The van der Waals surface area contributed by atoms with Gasteiger partial charge in [0.2, 0.25) is 5.13 Å². The van der Waals surface area contributed by atoms with E-state index in [9.17, 15) is 0 Å². The number of thiazole rings is 1. The number of benzene rings is 1. The van der Waals surface area contributed by atoms with Crippen LogP contribution < -0.4 is 10.2 Å². The zero-order valence-electron chi connectivity index (χ0n) is 10.3. The Morgan fingerprint density at radius 3 is 3.06 bits per heavy atom. The molecule has 1 aromatic heterocycles. The number of rotatable bonds is 5. The maximum Gasteiger partial charge on any atom is 0.203 e. The number of anilines is 1. The van der Waals surface area contributed by atoms with E-state index >= 15 is 0 Å². The lowest BCUT2D eigenvalue weighted by Gasteiger charge is -2.09. The zero-order valence-corrected chi connectivity index (χ0v) is 11.1. The van der Waals surface area contributed by atoms with E-state index in [1.54, 1.807) is 12.4 Å². The Labute approximate surface area is 110 Å². The normalized spacial score (nSPS) is 11.1. The molecule has 0 aliphatic carbocycles. The highest BCUT2D eigenvalue weighted by molar-refractivity contribution is 7.13. The SMILES string of the molecule is CC(C)Oc1cccc(/C=N\Nc2nccs2)c1. The van der Waals surface area contributed by atoms with Crippen molar-refractivity contribution >= 4 is 22.7 Å². The van der Waals surface area contributed by atoms with Crippen LogP contribution in [0.4, 0.5) is 5.13 Å². The van der Waals surface area contributed by atoms with Crippen LogP contribution in [0.3, 0.4) is 0 Å². The molecule has 0 atom stereocenters. The van der Waals surface area contributed by atoms with Crippen LogP contribution in [0.15, 0.2) is 40.9 Å². The Balaban J connectivity index is 1.98. The maximum absolute atomic E-state index is 5.61. The lowest BCUT2D eigenvalue weighted by atomic mass is 10.2. The first-order chi connectivity index (χ1) is 8.74. The Morgan fingerprint density at radius 2 is 2.33 bits per heavy atom. The van der Waals surface area contributed by atoms with E-state index in [-0.39, 0.29) is 6.10 Å². The summed E-state index contributed by atoms with van der Waals surface area (Å²) in [6.45, 7) is 4.01. The second-order valence-electron chi connectivity index (χ2n) is 3.95. The summed E-state index contributed by atoms with van der Waals surface area (Å²) in [5.74, 6) is 0.850. The standard InChI is InChI=1S/C13H15N3OS/c1-10(2)17-12-5-3-4-11(8-12)9-15-16-13-14-6-7-18-13/h3-10H,1-2H3,(H,14,16)/b15-9-. The van der Waals surface area contributed by atoms with Crippen LogP contribution >= 0.6 is 11.3 Å². The summed E-state index contributed by atoms with van der Waals surface area (Å²) in [4.78, 5) is 4.07. The van der Waals surface area contributed by atoms with Crippen LogP contribution in [0.1, 0.15) is 19.4 Å². The van der Waals surface area contributed by atoms with Crippen LogP contribution in [0, 0.1) is 0 Å². The molecule has 0 bridgehead atoms. The number of hydrogen-bond donors (Lipinski definition) is 1. The fourth-order valence-electron chi connectivity index (χ4n) is 1.38. The van der Waals surface area contributed by atoms with E-state index in [2.05, 4.69) is 15.5 Å². The monoisotopic (exact) mass is 261 g/mol. The predicted octanol–water partition coefficient (Wildman–Crippen LogP) is 3.38. The Hall–Kier alpha value is -1.88. The second kappa shape index (κ2) is 6.16. The van der Waals surface area contributed by atoms with Crippen molar-refractivity contribution in [1.29, 1.82) is 0 Å². The van der Waals surface area contributed by atoms with E-state index in [1.807, 2.05) is 43.5 Å². The van der Waals surface area contributed by atoms with Crippen LogP contribution in [0.5, 0.6) is 5.75 Å². The minimum absolute atomic E-state index is 0.172. The number of nitrogens with zero attached hydrogens (tertiary/aromatic N) is 2. The van der Waals surface area contributed by atoms with Crippen LogP contribution in [0.25, 0.3) is 0 Å². The second-order valence-corrected chi connectivity index (χ2v) is 4.84. The molecule has 0 amide bonds. The predicted molar refractivity (Wildman–Crippen MR) is 75.5 cm³/mol. The van der Waals surface area contributed by atoms with Crippen LogP contribution in [-0.2, 0) is 0 Å². The van der Waals surface area contributed by atoms with Gasteiger partial charge in [0.05, 0.1) is 12.3 Å². The lowest BCUT2D eigenvalue weighted by Crippen LogP contribution is -2.05. The van der Waals surface area contributed by atoms with Gasteiger partial charge in [0.25, 0.3) is 0 Å². The summed E-state index contributed by atoms with van der Waals surface area (Å²) in [6.07, 6.45) is 3.65. The summed E-state index contributed by atoms with van der Waals surface area (Å²) in [7, 11) is 0. The Kier molecular flexibility index (Phi) is 4.30. The summed E-state index contributed by atoms with van der Waals surface area (Å²) >= 11 is 1.51. The molecule has 2 aromatic rings. The summed E-state index contributed by atoms with van der Waals surface area (Å²) in [6, 6.07) is 7.81. The molecular formula is C13H15N3OS.